The fourth-order valence-corrected chi connectivity index (χ4v) is 15.4. The quantitative estimate of drug-likeness (QED) is 0.162. The Kier molecular flexibility index (Phi) is 10.4. The number of fused-ring (bicyclic) bond motifs is 22. The van der Waals surface area contributed by atoms with Gasteiger partial charge in [0.15, 0.2) is 0 Å². The summed E-state index contributed by atoms with van der Waals surface area (Å²) in [6.45, 7) is 6.73. The van der Waals surface area contributed by atoms with Gasteiger partial charge >= 0.3 is 0 Å². The molecule has 4 aliphatic heterocycles. The molecular weight excluding hydrogens is 1080 g/mol. The number of para-hydroxylation sites is 10. The highest BCUT2D eigenvalue weighted by Gasteiger charge is 2.48. The molecule has 0 aliphatic carbocycles. The summed E-state index contributed by atoms with van der Waals surface area (Å²) >= 11 is 0. The molecule has 15 aromatic rings. The number of rotatable bonds is 2. The van der Waals surface area contributed by atoms with Crippen molar-refractivity contribution in [2.24, 2.45) is 0 Å². The van der Waals surface area contributed by atoms with E-state index in [2.05, 4.69) is 319 Å². The fourth-order valence-electron chi connectivity index (χ4n) is 15.4. The van der Waals surface area contributed by atoms with Crippen LogP contribution in [-0.4, -0.2) is 15.8 Å². The highest BCUT2D eigenvalue weighted by molar-refractivity contribution is 7.00. The summed E-state index contributed by atoms with van der Waals surface area (Å²) < 4.78 is 19.7. The maximum atomic E-state index is 7.37. The summed E-state index contributed by atoms with van der Waals surface area (Å²) in [5.41, 5.74) is 26.1. The van der Waals surface area contributed by atoms with Crippen molar-refractivity contribution in [1.82, 2.24) is 9.13 Å². The van der Waals surface area contributed by atoms with E-state index in [0.29, 0.717) is 0 Å². The summed E-state index contributed by atoms with van der Waals surface area (Å²) in [6, 6.07) is 103. The first-order valence-electron chi connectivity index (χ1n) is 30.9. The molecule has 0 unspecified atom stereocenters. The molecule has 19 rings (SSSR count). The number of hydrogen-bond donors (Lipinski definition) is 0. The van der Waals surface area contributed by atoms with Gasteiger partial charge in [-0.3, -0.25) is 0 Å². The number of anilines is 6. The molecule has 0 amide bonds. The molecule has 4 aliphatic rings. The topological polar surface area (TPSA) is 34.8 Å². The molecule has 6 heterocycles. The van der Waals surface area contributed by atoms with Gasteiger partial charge in [0, 0.05) is 100 Å². The maximum Gasteiger partial charge on any atom is 0.252 e. The van der Waals surface area contributed by atoms with Gasteiger partial charge in [0.05, 0.1) is 33.4 Å². The van der Waals surface area contributed by atoms with Crippen LogP contribution in [-0.2, 0) is 5.41 Å². The van der Waals surface area contributed by atoms with Gasteiger partial charge in [-0.25, -0.2) is 0 Å². The molecule has 0 N–H and O–H groups in total. The van der Waals surface area contributed by atoms with Gasteiger partial charge in [0.2, 0.25) is 0 Å². The van der Waals surface area contributed by atoms with E-state index in [-0.39, 0.29) is 12.1 Å². The Morgan fingerprint density at radius 2 is 0.596 bits per heavy atom. The molecule has 0 spiro atoms. The highest BCUT2D eigenvalue weighted by atomic mass is 16.5. The number of benzene rings is 13. The Morgan fingerprint density at radius 1 is 0.292 bits per heavy atom. The van der Waals surface area contributed by atoms with Gasteiger partial charge in [0.1, 0.15) is 23.0 Å². The molecule has 0 fully saturated rings. The second kappa shape index (κ2) is 18.6. The molecule has 13 aromatic carbocycles. The maximum absolute atomic E-state index is 7.37. The SMILES string of the molecule is CC(C)(C)c1cc2c3c(c1)N1c4ccccc4-c4ccccc4Oc4ccccc4-c4cc(-n5c6ccccc6c6ccccc65)cc(c41)B3c1cc(-n3c4ccccc4c4ccccc43)cc3c1N2c1ccccc1-c1ccccc1Oc1ccccc1-3. The van der Waals surface area contributed by atoms with Crippen LogP contribution in [0.3, 0.4) is 0 Å². The van der Waals surface area contributed by atoms with Crippen LogP contribution in [0.1, 0.15) is 26.3 Å². The standard InChI is InChI=1S/C82H55BN4O2/c1-82(2,3)50-44-73-79-74(45-50)87-72-39-19-9-29-58(72)60-31-11-21-41-76(60)89-78-43-23-13-33-62(78)64-47-52(85-69-36-16-6-26-55(69)56-27-7-17-37-70(56)85)49-66(81(64)87)83(79)65-48-51(84-67-34-14-4-24-53(67)54-25-5-15-35-68(54)84)46-63-61-32-12-22-42-77(61)88-75-40-20-10-30-59(75)57-28-8-18-38-71(57)86(73)80(63)65/h4-49H,1-3H3. The third-order valence-corrected chi connectivity index (χ3v) is 19.2. The highest BCUT2D eigenvalue weighted by Crippen LogP contribution is 2.57. The van der Waals surface area contributed by atoms with Crippen molar-refractivity contribution in [3.05, 3.63) is 285 Å². The Balaban J connectivity index is 1.05. The zero-order valence-corrected chi connectivity index (χ0v) is 49.2. The minimum Gasteiger partial charge on any atom is -0.456 e. The zero-order valence-electron chi connectivity index (χ0n) is 49.2. The van der Waals surface area contributed by atoms with Gasteiger partial charge in [-0.1, -0.05) is 203 Å². The van der Waals surface area contributed by atoms with Crippen molar-refractivity contribution in [3.63, 3.8) is 0 Å². The van der Waals surface area contributed by atoms with Crippen molar-refractivity contribution in [1.29, 1.82) is 0 Å². The molecule has 0 bridgehead atoms. The van der Waals surface area contributed by atoms with Crippen molar-refractivity contribution in [3.8, 4) is 78.9 Å². The van der Waals surface area contributed by atoms with Gasteiger partial charge in [-0.05, 0) is 124 Å². The second-order valence-corrected chi connectivity index (χ2v) is 25.1. The molecule has 418 valence electrons. The smallest absolute Gasteiger partial charge is 0.252 e. The average Bonchev–Trinajstić information content (AvgIpc) is 1.56. The van der Waals surface area contributed by atoms with E-state index in [1.54, 1.807) is 0 Å². The van der Waals surface area contributed by atoms with Crippen LogP contribution < -0.4 is 35.7 Å². The molecule has 6 nitrogen and oxygen atoms in total. The van der Waals surface area contributed by atoms with Gasteiger partial charge in [-0.2, -0.15) is 0 Å². The van der Waals surface area contributed by atoms with E-state index in [0.717, 1.165) is 135 Å². The first kappa shape index (κ1) is 49.9. The largest absolute Gasteiger partial charge is 0.456 e. The van der Waals surface area contributed by atoms with Gasteiger partial charge < -0.3 is 28.4 Å². The zero-order chi connectivity index (χ0) is 58.8. The Morgan fingerprint density at radius 3 is 0.955 bits per heavy atom. The van der Waals surface area contributed by atoms with E-state index >= 15 is 0 Å². The van der Waals surface area contributed by atoms with Crippen LogP contribution in [0.2, 0.25) is 0 Å². The van der Waals surface area contributed by atoms with Crippen LogP contribution in [0.4, 0.5) is 34.1 Å². The van der Waals surface area contributed by atoms with Crippen LogP contribution in [0.25, 0.3) is 99.5 Å². The molecule has 89 heavy (non-hydrogen) atoms. The van der Waals surface area contributed by atoms with E-state index in [1.165, 1.54) is 43.5 Å². The summed E-state index contributed by atoms with van der Waals surface area (Å²) in [7, 11) is 0. The molecule has 7 heteroatoms. The lowest BCUT2D eigenvalue weighted by Crippen LogP contribution is -2.62. The van der Waals surface area contributed by atoms with Crippen molar-refractivity contribution < 1.29 is 9.47 Å². The number of ether oxygens (including phenoxy) is 2. The third-order valence-electron chi connectivity index (χ3n) is 19.2. The summed E-state index contributed by atoms with van der Waals surface area (Å²) in [6.07, 6.45) is 0. The number of nitrogens with zero attached hydrogens (tertiary/aromatic N) is 4. The van der Waals surface area contributed by atoms with Gasteiger partial charge in [0.25, 0.3) is 6.71 Å². The minimum absolute atomic E-state index is 0.290. The molecule has 0 atom stereocenters. The van der Waals surface area contributed by atoms with Crippen molar-refractivity contribution >= 4 is 101 Å². The normalized spacial score (nSPS) is 13.2. The van der Waals surface area contributed by atoms with Crippen LogP contribution in [0, 0.1) is 0 Å². The van der Waals surface area contributed by atoms with E-state index in [1.807, 2.05) is 0 Å². The Bertz CT molecular complexity index is 5110. The van der Waals surface area contributed by atoms with Crippen LogP contribution in [0.15, 0.2) is 279 Å². The Labute approximate surface area is 516 Å². The van der Waals surface area contributed by atoms with E-state index in [4.69, 9.17) is 9.47 Å². The lowest BCUT2D eigenvalue weighted by atomic mass is 9.33. The summed E-state index contributed by atoms with van der Waals surface area (Å²) in [5.74, 6) is 3.15. The monoisotopic (exact) mass is 1140 g/mol. The second-order valence-electron chi connectivity index (χ2n) is 25.1. The predicted octanol–water partition coefficient (Wildman–Crippen LogP) is 20.1. The van der Waals surface area contributed by atoms with Crippen molar-refractivity contribution in [2.75, 3.05) is 9.80 Å². The first-order valence-corrected chi connectivity index (χ1v) is 30.9. The van der Waals surface area contributed by atoms with E-state index < -0.39 is 0 Å². The fraction of sp³-hybridized carbons (Fsp3) is 0.0488. The van der Waals surface area contributed by atoms with E-state index in [9.17, 15) is 0 Å². The summed E-state index contributed by atoms with van der Waals surface area (Å²) in [5, 5.41) is 4.82. The first-order chi connectivity index (χ1) is 43.8. The number of hydrogen-bond acceptors (Lipinski definition) is 4. The lowest BCUT2D eigenvalue weighted by molar-refractivity contribution is 0.486. The van der Waals surface area contributed by atoms with Crippen molar-refractivity contribution in [2.45, 2.75) is 26.2 Å². The minimum atomic E-state index is -0.351. The third kappa shape index (κ3) is 7.15. The Hall–Kier alpha value is -11.3. The predicted molar refractivity (Wildman–Crippen MR) is 370 cm³/mol. The summed E-state index contributed by atoms with van der Waals surface area (Å²) in [4.78, 5) is 5.29. The molecule has 0 radical (unpaired) electrons. The molecular formula is C82H55BN4O2. The van der Waals surface area contributed by atoms with Crippen LogP contribution in [0.5, 0.6) is 23.0 Å². The van der Waals surface area contributed by atoms with Crippen LogP contribution >= 0.6 is 0 Å². The average molecular weight is 1140 g/mol. The molecule has 2 aromatic heterocycles. The lowest BCUT2D eigenvalue weighted by Gasteiger charge is -2.47. The van der Waals surface area contributed by atoms with Gasteiger partial charge in [-0.15, -0.1) is 0 Å². The number of aromatic nitrogens is 2. The molecule has 0 saturated carbocycles. The molecule has 0 saturated heterocycles.